The molecule has 2 rings (SSSR count). The number of alkyl halides is 1. The smallest absolute Gasteiger partial charge is 0.303 e. The van der Waals surface area contributed by atoms with Crippen LogP contribution in [0.25, 0.3) is 0 Å². The van der Waals surface area contributed by atoms with Crippen LogP contribution in [0.1, 0.15) is 48.5 Å². The van der Waals surface area contributed by atoms with E-state index in [4.69, 9.17) is 47.4 Å². The summed E-state index contributed by atoms with van der Waals surface area (Å²) in [6.07, 6.45) is -13.4. The van der Waals surface area contributed by atoms with Gasteiger partial charge in [0.15, 0.2) is 49.2 Å². The molecule has 0 aliphatic carbocycles. The van der Waals surface area contributed by atoms with Crippen molar-refractivity contribution in [3.8, 4) is 0 Å². The van der Waals surface area contributed by atoms with E-state index in [1.54, 1.807) is 0 Å². The maximum absolute atomic E-state index is 12.3. The van der Waals surface area contributed by atoms with Gasteiger partial charge in [0.1, 0.15) is 12.7 Å². The maximum Gasteiger partial charge on any atom is 0.303 e. The summed E-state index contributed by atoms with van der Waals surface area (Å²) >= 11 is 3.24. The lowest BCUT2D eigenvalue weighted by atomic mass is 9.96. The van der Waals surface area contributed by atoms with E-state index in [-0.39, 0.29) is 6.61 Å². The molecule has 0 N–H and O–H groups in total. The van der Waals surface area contributed by atoms with Crippen molar-refractivity contribution in [3.63, 3.8) is 0 Å². The summed E-state index contributed by atoms with van der Waals surface area (Å²) in [4.78, 5) is 71.9. The van der Waals surface area contributed by atoms with Crippen molar-refractivity contribution < 1.29 is 76.1 Å². The monoisotopic (exact) mass is 684 g/mol. The van der Waals surface area contributed by atoms with Crippen LogP contribution in [0.15, 0.2) is 0 Å². The summed E-state index contributed by atoms with van der Waals surface area (Å²) in [5.41, 5.74) is 0. The number of hydrogen-bond donors (Lipinski definition) is 0. The first-order chi connectivity index (χ1) is 20.1. The first kappa shape index (κ1) is 36.3. The largest absolute Gasteiger partial charge is 0.463 e. The van der Waals surface area contributed by atoms with Gasteiger partial charge in [-0.15, -0.1) is 0 Å². The van der Waals surface area contributed by atoms with E-state index in [0.717, 1.165) is 41.5 Å². The zero-order chi connectivity index (χ0) is 32.4. The third kappa shape index (κ3) is 11.0. The van der Waals surface area contributed by atoms with Gasteiger partial charge in [-0.05, 0) is 6.92 Å². The van der Waals surface area contributed by atoms with E-state index in [1.807, 2.05) is 0 Å². The van der Waals surface area contributed by atoms with E-state index in [0.29, 0.717) is 5.33 Å². The second-order valence-electron chi connectivity index (χ2n) is 9.59. The molecular formula is C26H37BrO16. The van der Waals surface area contributed by atoms with Crippen LogP contribution in [-0.4, -0.2) is 116 Å². The highest BCUT2D eigenvalue weighted by Crippen LogP contribution is 2.35. The van der Waals surface area contributed by atoms with Crippen LogP contribution in [-0.2, 0) is 76.1 Å². The Bertz CT molecular complexity index is 1020. The Kier molecular flexibility index (Phi) is 14.2. The van der Waals surface area contributed by atoms with Gasteiger partial charge in [-0.3, -0.25) is 28.8 Å². The van der Waals surface area contributed by atoms with Crippen molar-refractivity contribution in [2.24, 2.45) is 0 Å². The van der Waals surface area contributed by atoms with Crippen LogP contribution in [0.2, 0.25) is 0 Å². The minimum atomic E-state index is -1.56. The molecule has 2 fully saturated rings. The number of ether oxygens (including phenoxy) is 10. The number of carbonyl (C=O) groups excluding carboxylic acids is 6. The molecule has 0 aromatic heterocycles. The molecule has 244 valence electrons. The molecule has 10 atom stereocenters. The zero-order valence-electron chi connectivity index (χ0n) is 24.8. The van der Waals surface area contributed by atoms with Crippen LogP contribution in [0.4, 0.5) is 0 Å². The molecule has 0 aromatic rings. The summed E-state index contributed by atoms with van der Waals surface area (Å²) in [6.45, 7) is 7.86. The number of halogens is 1. The molecule has 2 aliphatic heterocycles. The molecule has 0 amide bonds. The Morgan fingerprint density at radius 2 is 1.05 bits per heavy atom. The SMILES string of the molecule is CC(=O)OC[C@H]1O[C@@H](OCCBr)[C@H](O[C@@H]2O[C@@H](C)[C@@H](OC(C)=O)[C@@H](OC(C)=O)[C@@H]2OC(C)=O)[C@@H](OC(C)=O)[C@H]1OC(C)=O. The van der Waals surface area contributed by atoms with Crippen molar-refractivity contribution in [1.29, 1.82) is 0 Å². The zero-order valence-corrected chi connectivity index (χ0v) is 26.4. The average molecular weight is 685 g/mol. The van der Waals surface area contributed by atoms with Crippen LogP contribution in [0.3, 0.4) is 0 Å². The van der Waals surface area contributed by atoms with Gasteiger partial charge in [-0.25, -0.2) is 0 Å². The highest BCUT2D eigenvalue weighted by atomic mass is 79.9. The Morgan fingerprint density at radius 3 is 1.53 bits per heavy atom. The van der Waals surface area contributed by atoms with Gasteiger partial charge in [0.05, 0.1) is 12.7 Å². The van der Waals surface area contributed by atoms with Gasteiger partial charge in [-0.2, -0.15) is 0 Å². The fourth-order valence-electron chi connectivity index (χ4n) is 4.55. The molecule has 0 unspecified atom stereocenters. The van der Waals surface area contributed by atoms with Gasteiger partial charge < -0.3 is 47.4 Å². The van der Waals surface area contributed by atoms with E-state index in [2.05, 4.69) is 15.9 Å². The topological polar surface area (TPSA) is 195 Å². The van der Waals surface area contributed by atoms with Crippen LogP contribution in [0.5, 0.6) is 0 Å². The number of esters is 6. The van der Waals surface area contributed by atoms with Crippen molar-refractivity contribution in [2.75, 3.05) is 18.5 Å². The predicted molar refractivity (Wildman–Crippen MR) is 142 cm³/mol. The Morgan fingerprint density at radius 1 is 0.581 bits per heavy atom. The predicted octanol–water partition coefficient (Wildman–Crippen LogP) is 0.474. The molecular weight excluding hydrogens is 648 g/mol. The van der Waals surface area contributed by atoms with E-state index in [9.17, 15) is 28.8 Å². The lowest BCUT2D eigenvalue weighted by molar-refractivity contribution is -0.365. The molecule has 16 nitrogen and oxygen atoms in total. The van der Waals surface area contributed by atoms with Crippen LogP contribution >= 0.6 is 15.9 Å². The summed E-state index contributed by atoms with van der Waals surface area (Å²) in [5, 5.41) is 0.339. The van der Waals surface area contributed by atoms with Gasteiger partial charge in [-0.1, -0.05) is 15.9 Å². The standard InChI is InChI=1S/C26H37BrO16/c1-11-19(37-13(3)29)21(39-15(5)31)24(41-17(7)33)26(36-11)43-23-22(40-16(6)32)20(38-14(4)30)18(10-35-12(2)28)42-25(23)34-9-8-27/h11,18-26H,8-10H2,1-7H3/t11-,18+,19+,20-,21+,22-,23+,24-,25+,26-/m0/s1. The third-order valence-corrected chi connectivity index (χ3v) is 6.25. The quantitative estimate of drug-likeness (QED) is 0.156. The molecule has 0 radical (unpaired) electrons. The highest BCUT2D eigenvalue weighted by Gasteiger charge is 2.56. The molecule has 0 bridgehead atoms. The molecule has 2 saturated heterocycles. The number of rotatable bonds is 12. The molecule has 2 aliphatic rings. The minimum absolute atomic E-state index is 0.0513. The van der Waals surface area contributed by atoms with Crippen molar-refractivity contribution in [2.45, 2.75) is 110 Å². The average Bonchev–Trinajstić information content (AvgIpc) is 2.87. The summed E-state index contributed by atoms with van der Waals surface area (Å²) in [6, 6.07) is 0. The lowest BCUT2D eigenvalue weighted by Crippen LogP contribution is -2.66. The van der Waals surface area contributed by atoms with Crippen LogP contribution in [0, 0.1) is 0 Å². The molecule has 0 aromatic carbocycles. The second-order valence-corrected chi connectivity index (χ2v) is 10.4. The molecule has 43 heavy (non-hydrogen) atoms. The van der Waals surface area contributed by atoms with Crippen molar-refractivity contribution in [3.05, 3.63) is 0 Å². The lowest BCUT2D eigenvalue weighted by Gasteiger charge is -2.48. The summed E-state index contributed by atoms with van der Waals surface area (Å²) < 4.78 is 56.2. The third-order valence-electron chi connectivity index (χ3n) is 5.93. The van der Waals surface area contributed by atoms with Crippen molar-refractivity contribution >= 4 is 51.7 Å². The van der Waals surface area contributed by atoms with E-state index in [1.165, 1.54) is 6.92 Å². The summed E-state index contributed by atoms with van der Waals surface area (Å²) in [5.74, 6) is -4.56. The Balaban J connectivity index is 2.60. The Hall–Kier alpha value is -2.86. The number of hydrogen-bond acceptors (Lipinski definition) is 16. The van der Waals surface area contributed by atoms with Crippen LogP contribution < -0.4 is 0 Å². The molecule has 17 heteroatoms. The van der Waals surface area contributed by atoms with Gasteiger partial charge in [0.25, 0.3) is 0 Å². The molecule has 0 spiro atoms. The molecule has 2 heterocycles. The fourth-order valence-corrected chi connectivity index (χ4v) is 4.73. The first-order valence-corrected chi connectivity index (χ1v) is 14.4. The van der Waals surface area contributed by atoms with E-state index < -0.39 is 104 Å². The van der Waals surface area contributed by atoms with Crippen molar-refractivity contribution in [1.82, 2.24) is 0 Å². The highest BCUT2D eigenvalue weighted by molar-refractivity contribution is 9.09. The fraction of sp³-hybridized carbons (Fsp3) is 0.769. The normalized spacial score (nSPS) is 32.1. The van der Waals surface area contributed by atoms with E-state index >= 15 is 0 Å². The minimum Gasteiger partial charge on any atom is -0.463 e. The molecule has 0 saturated carbocycles. The first-order valence-electron chi connectivity index (χ1n) is 13.3. The van der Waals surface area contributed by atoms with Gasteiger partial charge in [0.2, 0.25) is 0 Å². The van der Waals surface area contributed by atoms with Gasteiger partial charge in [0, 0.05) is 46.9 Å². The second kappa shape index (κ2) is 16.8. The maximum atomic E-state index is 12.3. The number of carbonyl (C=O) groups is 6. The summed E-state index contributed by atoms with van der Waals surface area (Å²) in [7, 11) is 0. The Labute approximate surface area is 256 Å². The van der Waals surface area contributed by atoms with Gasteiger partial charge >= 0.3 is 35.8 Å².